The van der Waals surface area contributed by atoms with Gasteiger partial charge in [-0.25, -0.2) is 9.59 Å². The van der Waals surface area contributed by atoms with Gasteiger partial charge in [0.15, 0.2) is 0 Å². The molecule has 7 heteroatoms. The van der Waals surface area contributed by atoms with Crippen LogP contribution in [0.25, 0.3) is 11.1 Å². The lowest BCUT2D eigenvalue weighted by Gasteiger charge is -2.22. The Bertz CT molecular complexity index is 974. The molecule has 34 heavy (non-hydrogen) atoms. The number of aliphatic carboxylic acids is 1. The summed E-state index contributed by atoms with van der Waals surface area (Å²) in [7, 11) is 0. The second kappa shape index (κ2) is 11.7. The molecule has 1 aliphatic carbocycles. The van der Waals surface area contributed by atoms with Gasteiger partial charge in [0.05, 0.1) is 0 Å². The SMILES string of the molecule is CCCC[C@H](NC(=O)OCC1c2ccccc2-c2ccccc21)C(=O)NC(CC(C)C)C(=O)O. The van der Waals surface area contributed by atoms with Gasteiger partial charge in [0.1, 0.15) is 18.7 Å². The highest BCUT2D eigenvalue weighted by Gasteiger charge is 2.30. The summed E-state index contributed by atoms with van der Waals surface area (Å²) in [4.78, 5) is 37.0. The Morgan fingerprint density at radius 3 is 2.06 bits per heavy atom. The van der Waals surface area contributed by atoms with Crippen molar-refractivity contribution in [1.29, 1.82) is 0 Å². The van der Waals surface area contributed by atoms with E-state index in [0.29, 0.717) is 19.3 Å². The monoisotopic (exact) mass is 466 g/mol. The topological polar surface area (TPSA) is 105 Å². The predicted octanol–water partition coefficient (Wildman–Crippen LogP) is 4.70. The number of carboxylic acids is 1. The second-order valence-corrected chi connectivity index (χ2v) is 9.19. The summed E-state index contributed by atoms with van der Waals surface area (Å²) in [6, 6.07) is 14.3. The van der Waals surface area contributed by atoms with Crippen LogP contribution < -0.4 is 10.6 Å². The molecule has 0 bridgehead atoms. The number of unbranched alkanes of at least 4 members (excludes halogenated alkanes) is 1. The van der Waals surface area contributed by atoms with E-state index in [9.17, 15) is 19.5 Å². The molecule has 0 saturated heterocycles. The van der Waals surface area contributed by atoms with Crippen LogP contribution in [-0.2, 0) is 14.3 Å². The number of hydrogen-bond acceptors (Lipinski definition) is 4. The normalized spacial score (nSPS) is 14.1. The van der Waals surface area contributed by atoms with E-state index in [0.717, 1.165) is 28.7 Å². The number of rotatable bonds is 11. The van der Waals surface area contributed by atoms with Crippen LogP contribution in [0.2, 0.25) is 0 Å². The summed E-state index contributed by atoms with van der Waals surface area (Å²) in [5.74, 6) is -1.57. The maximum absolute atomic E-state index is 12.8. The molecule has 0 aromatic heterocycles. The second-order valence-electron chi connectivity index (χ2n) is 9.19. The molecular formula is C27H34N2O5. The van der Waals surface area contributed by atoms with Crippen molar-refractivity contribution >= 4 is 18.0 Å². The zero-order chi connectivity index (χ0) is 24.7. The van der Waals surface area contributed by atoms with Crippen LogP contribution >= 0.6 is 0 Å². The molecule has 3 rings (SSSR count). The Labute approximate surface area is 200 Å². The highest BCUT2D eigenvalue weighted by molar-refractivity contribution is 5.89. The van der Waals surface area contributed by atoms with E-state index in [2.05, 4.69) is 22.8 Å². The molecule has 0 heterocycles. The van der Waals surface area contributed by atoms with Crippen LogP contribution in [0.5, 0.6) is 0 Å². The van der Waals surface area contributed by atoms with E-state index in [1.54, 1.807) is 0 Å². The first-order chi connectivity index (χ1) is 16.3. The fourth-order valence-corrected chi connectivity index (χ4v) is 4.42. The summed E-state index contributed by atoms with van der Waals surface area (Å²) in [5, 5.41) is 14.7. The van der Waals surface area contributed by atoms with Gasteiger partial charge in [0.2, 0.25) is 5.91 Å². The molecule has 2 atom stereocenters. The van der Waals surface area contributed by atoms with Gasteiger partial charge in [-0.1, -0.05) is 82.1 Å². The van der Waals surface area contributed by atoms with E-state index in [4.69, 9.17) is 4.74 Å². The van der Waals surface area contributed by atoms with Crippen LogP contribution in [0.1, 0.15) is 63.5 Å². The molecule has 1 unspecified atom stereocenters. The number of fused-ring (bicyclic) bond motifs is 3. The number of amides is 2. The number of benzene rings is 2. The summed E-state index contributed by atoms with van der Waals surface area (Å²) < 4.78 is 5.57. The van der Waals surface area contributed by atoms with Crippen LogP contribution in [0, 0.1) is 5.92 Å². The Hall–Kier alpha value is -3.35. The van der Waals surface area contributed by atoms with Gasteiger partial charge in [-0.3, -0.25) is 4.79 Å². The van der Waals surface area contributed by atoms with Crippen molar-refractivity contribution in [1.82, 2.24) is 10.6 Å². The lowest BCUT2D eigenvalue weighted by molar-refractivity contribution is -0.142. The average Bonchev–Trinajstić information content (AvgIpc) is 3.13. The zero-order valence-electron chi connectivity index (χ0n) is 20.0. The van der Waals surface area contributed by atoms with Crippen molar-refractivity contribution in [3.05, 3.63) is 59.7 Å². The Balaban J connectivity index is 1.65. The molecule has 0 radical (unpaired) electrons. The van der Waals surface area contributed by atoms with E-state index in [1.165, 1.54) is 0 Å². The average molecular weight is 467 g/mol. The number of nitrogens with one attached hydrogen (secondary N) is 2. The lowest BCUT2D eigenvalue weighted by Crippen LogP contribution is -2.52. The third kappa shape index (κ3) is 6.16. The molecule has 7 nitrogen and oxygen atoms in total. The van der Waals surface area contributed by atoms with Crippen LogP contribution in [-0.4, -0.2) is 41.8 Å². The molecule has 0 saturated carbocycles. The maximum Gasteiger partial charge on any atom is 0.407 e. The first-order valence-corrected chi connectivity index (χ1v) is 12.0. The third-order valence-corrected chi connectivity index (χ3v) is 6.12. The molecule has 2 aromatic rings. The molecule has 2 aromatic carbocycles. The van der Waals surface area contributed by atoms with Crippen molar-refractivity contribution in [2.24, 2.45) is 5.92 Å². The first-order valence-electron chi connectivity index (χ1n) is 12.0. The van der Waals surface area contributed by atoms with Crippen molar-refractivity contribution in [2.45, 2.75) is 64.5 Å². The van der Waals surface area contributed by atoms with Gasteiger partial charge in [-0.15, -0.1) is 0 Å². The molecule has 2 amide bonds. The number of carbonyl (C=O) groups excluding carboxylic acids is 2. The summed E-state index contributed by atoms with van der Waals surface area (Å²) in [5.41, 5.74) is 4.49. The predicted molar refractivity (Wildman–Crippen MR) is 131 cm³/mol. The zero-order valence-corrected chi connectivity index (χ0v) is 20.0. The Morgan fingerprint density at radius 2 is 1.53 bits per heavy atom. The van der Waals surface area contributed by atoms with Gasteiger partial charge in [-0.2, -0.15) is 0 Å². The smallest absolute Gasteiger partial charge is 0.407 e. The van der Waals surface area contributed by atoms with E-state index < -0.39 is 30.1 Å². The maximum atomic E-state index is 12.8. The molecule has 3 N–H and O–H groups in total. The molecule has 182 valence electrons. The standard InChI is InChI=1S/C27H34N2O5/c1-4-5-14-23(25(30)28-24(26(31)32)15-17(2)3)29-27(33)34-16-22-20-12-8-6-10-18(20)19-11-7-9-13-21(19)22/h6-13,17,22-24H,4-5,14-16H2,1-3H3,(H,28,30)(H,29,33)(H,31,32)/t23-,24?/m0/s1. The molecule has 1 aliphatic rings. The summed E-state index contributed by atoms with van der Waals surface area (Å²) in [6.45, 7) is 5.92. The summed E-state index contributed by atoms with van der Waals surface area (Å²) in [6.07, 6.45) is 1.58. The van der Waals surface area contributed by atoms with E-state index in [1.807, 2.05) is 57.2 Å². The first kappa shape index (κ1) is 25.3. The Morgan fingerprint density at radius 1 is 0.941 bits per heavy atom. The van der Waals surface area contributed by atoms with Gasteiger partial charge < -0.3 is 20.5 Å². The molecule has 0 aliphatic heterocycles. The molecule has 0 fully saturated rings. The van der Waals surface area contributed by atoms with Crippen LogP contribution in [0.4, 0.5) is 4.79 Å². The van der Waals surface area contributed by atoms with Crippen molar-refractivity contribution in [2.75, 3.05) is 6.61 Å². The number of alkyl carbamates (subject to hydrolysis) is 1. The van der Waals surface area contributed by atoms with Gasteiger partial charge >= 0.3 is 12.1 Å². The minimum absolute atomic E-state index is 0.0801. The third-order valence-electron chi connectivity index (χ3n) is 6.12. The number of hydrogen-bond donors (Lipinski definition) is 3. The van der Waals surface area contributed by atoms with Gasteiger partial charge in [-0.05, 0) is 41.0 Å². The minimum Gasteiger partial charge on any atom is -0.480 e. The van der Waals surface area contributed by atoms with E-state index in [-0.39, 0.29) is 18.4 Å². The van der Waals surface area contributed by atoms with Crippen LogP contribution in [0.15, 0.2) is 48.5 Å². The lowest BCUT2D eigenvalue weighted by atomic mass is 9.98. The van der Waals surface area contributed by atoms with Crippen LogP contribution in [0.3, 0.4) is 0 Å². The van der Waals surface area contributed by atoms with Crippen molar-refractivity contribution in [3.8, 4) is 11.1 Å². The molecule has 0 spiro atoms. The fourth-order valence-electron chi connectivity index (χ4n) is 4.42. The fraction of sp³-hybridized carbons (Fsp3) is 0.444. The quantitative estimate of drug-likeness (QED) is 0.445. The number of carboxylic acid groups (broad SMARTS) is 1. The largest absolute Gasteiger partial charge is 0.480 e. The highest BCUT2D eigenvalue weighted by atomic mass is 16.5. The van der Waals surface area contributed by atoms with Crippen molar-refractivity contribution < 1.29 is 24.2 Å². The van der Waals surface area contributed by atoms with Crippen molar-refractivity contribution in [3.63, 3.8) is 0 Å². The number of carbonyl (C=O) groups is 3. The molecular weight excluding hydrogens is 432 g/mol. The van der Waals surface area contributed by atoms with Gasteiger partial charge in [0, 0.05) is 5.92 Å². The van der Waals surface area contributed by atoms with Gasteiger partial charge in [0.25, 0.3) is 0 Å². The van der Waals surface area contributed by atoms with E-state index >= 15 is 0 Å². The number of ether oxygens (including phenoxy) is 1. The highest BCUT2D eigenvalue weighted by Crippen LogP contribution is 2.44. The summed E-state index contributed by atoms with van der Waals surface area (Å²) >= 11 is 0. The Kier molecular flexibility index (Phi) is 8.68. The minimum atomic E-state index is -1.09.